The number of methoxy groups -OCH3 is 2. The summed E-state index contributed by atoms with van der Waals surface area (Å²) in [5.41, 5.74) is 0.877. The van der Waals surface area contributed by atoms with E-state index in [1.807, 2.05) is 0 Å². The fourth-order valence-corrected chi connectivity index (χ4v) is 2.95. The molecule has 106 valence electrons. The van der Waals surface area contributed by atoms with Gasteiger partial charge in [-0.25, -0.2) is 0 Å². The van der Waals surface area contributed by atoms with Gasteiger partial charge in [-0.05, 0) is 31.7 Å². The lowest BCUT2D eigenvalue weighted by Gasteiger charge is -2.14. The maximum Gasteiger partial charge on any atom is 0.183 e. The van der Waals surface area contributed by atoms with E-state index in [2.05, 4.69) is 10.3 Å². The zero-order valence-electron chi connectivity index (χ0n) is 11.5. The Labute approximate surface area is 119 Å². The first-order valence-electron chi connectivity index (χ1n) is 6.65. The first-order chi connectivity index (χ1) is 9.24. The van der Waals surface area contributed by atoms with Crippen molar-refractivity contribution < 1.29 is 9.47 Å². The number of halogens is 1. The Kier molecular flexibility index (Phi) is 5.28. The molecule has 1 heterocycles. The van der Waals surface area contributed by atoms with Crippen LogP contribution in [-0.2, 0) is 6.54 Å². The van der Waals surface area contributed by atoms with Gasteiger partial charge < -0.3 is 14.8 Å². The van der Waals surface area contributed by atoms with Crippen molar-refractivity contribution in [3.63, 3.8) is 0 Å². The van der Waals surface area contributed by atoms with Crippen molar-refractivity contribution in [3.05, 3.63) is 18.0 Å². The molecule has 5 heteroatoms. The van der Waals surface area contributed by atoms with Crippen molar-refractivity contribution in [2.75, 3.05) is 20.8 Å². The summed E-state index contributed by atoms with van der Waals surface area (Å²) < 4.78 is 10.6. The van der Waals surface area contributed by atoms with Crippen molar-refractivity contribution in [1.82, 2.24) is 10.3 Å². The molecule has 2 unspecified atom stereocenters. The van der Waals surface area contributed by atoms with Crippen LogP contribution in [0.1, 0.15) is 25.0 Å². The van der Waals surface area contributed by atoms with E-state index in [0.717, 1.165) is 30.8 Å². The van der Waals surface area contributed by atoms with Crippen LogP contribution < -0.4 is 14.8 Å². The third kappa shape index (κ3) is 3.74. The number of aromatic nitrogens is 1. The molecule has 19 heavy (non-hydrogen) atoms. The van der Waals surface area contributed by atoms with Gasteiger partial charge in [0.05, 0.1) is 19.9 Å². The zero-order chi connectivity index (χ0) is 13.7. The van der Waals surface area contributed by atoms with Crippen molar-refractivity contribution in [2.24, 2.45) is 5.92 Å². The molecule has 0 saturated heterocycles. The average molecular weight is 285 g/mol. The Bertz CT molecular complexity index is 414. The number of ether oxygens (including phenoxy) is 2. The quantitative estimate of drug-likeness (QED) is 0.816. The molecule has 4 nitrogen and oxygen atoms in total. The van der Waals surface area contributed by atoms with Crippen molar-refractivity contribution in [2.45, 2.75) is 31.2 Å². The zero-order valence-corrected chi connectivity index (χ0v) is 12.2. The topological polar surface area (TPSA) is 43.4 Å². The van der Waals surface area contributed by atoms with E-state index >= 15 is 0 Å². The second-order valence-corrected chi connectivity index (χ2v) is 5.52. The molecule has 1 aromatic heterocycles. The van der Waals surface area contributed by atoms with Crippen molar-refractivity contribution >= 4 is 11.6 Å². The highest BCUT2D eigenvalue weighted by atomic mass is 35.5. The number of rotatable bonds is 6. The van der Waals surface area contributed by atoms with Crippen LogP contribution in [0.15, 0.2) is 12.3 Å². The monoisotopic (exact) mass is 284 g/mol. The van der Waals surface area contributed by atoms with E-state index in [-0.39, 0.29) is 0 Å². The summed E-state index contributed by atoms with van der Waals surface area (Å²) in [5.74, 6) is 2.11. The van der Waals surface area contributed by atoms with E-state index in [0.29, 0.717) is 23.6 Å². The molecule has 2 atom stereocenters. The summed E-state index contributed by atoms with van der Waals surface area (Å²) in [4.78, 5) is 4.34. The van der Waals surface area contributed by atoms with Crippen LogP contribution in [0.4, 0.5) is 0 Å². The van der Waals surface area contributed by atoms with E-state index < -0.39 is 0 Å². The van der Waals surface area contributed by atoms with Crippen LogP contribution in [0.3, 0.4) is 0 Å². The van der Waals surface area contributed by atoms with Crippen LogP contribution in [0.2, 0.25) is 0 Å². The predicted octanol–water partition coefficient (Wildman–Crippen LogP) is 2.60. The lowest BCUT2D eigenvalue weighted by Crippen LogP contribution is -2.22. The van der Waals surface area contributed by atoms with Crippen molar-refractivity contribution in [3.8, 4) is 11.5 Å². The Balaban J connectivity index is 1.88. The predicted molar refractivity (Wildman–Crippen MR) is 76.0 cm³/mol. The molecule has 1 saturated carbocycles. The summed E-state index contributed by atoms with van der Waals surface area (Å²) >= 11 is 6.11. The maximum atomic E-state index is 6.11. The van der Waals surface area contributed by atoms with Gasteiger partial charge in [-0.3, -0.25) is 4.98 Å². The molecule has 0 bridgehead atoms. The third-order valence-electron chi connectivity index (χ3n) is 3.57. The van der Waals surface area contributed by atoms with Crippen molar-refractivity contribution in [1.29, 1.82) is 0 Å². The van der Waals surface area contributed by atoms with Gasteiger partial charge in [-0.1, -0.05) is 0 Å². The smallest absolute Gasteiger partial charge is 0.183 e. The summed E-state index contributed by atoms with van der Waals surface area (Å²) in [7, 11) is 3.27. The average Bonchev–Trinajstić information content (AvgIpc) is 2.84. The van der Waals surface area contributed by atoms with E-state index in [9.17, 15) is 0 Å². The Morgan fingerprint density at radius 3 is 2.84 bits per heavy atom. The van der Waals surface area contributed by atoms with Gasteiger partial charge in [-0.15, -0.1) is 11.6 Å². The molecular formula is C14H21ClN2O2. The lowest BCUT2D eigenvalue weighted by atomic mass is 10.1. The molecule has 0 amide bonds. The molecule has 1 aromatic rings. The van der Waals surface area contributed by atoms with Gasteiger partial charge in [0, 0.05) is 24.2 Å². The molecular weight excluding hydrogens is 264 g/mol. The van der Waals surface area contributed by atoms with Crippen LogP contribution in [0, 0.1) is 5.92 Å². The summed E-state index contributed by atoms with van der Waals surface area (Å²) in [6.07, 6.45) is 5.19. The first kappa shape index (κ1) is 14.4. The minimum Gasteiger partial charge on any atom is -0.493 e. The minimum absolute atomic E-state index is 0.358. The van der Waals surface area contributed by atoms with Gasteiger partial charge in [0.1, 0.15) is 0 Å². The largest absolute Gasteiger partial charge is 0.493 e. The van der Waals surface area contributed by atoms with E-state index in [4.69, 9.17) is 21.1 Å². The number of alkyl halides is 1. The van der Waals surface area contributed by atoms with E-state index in [1.54, 1.807) is 26.5 Å². The number of nitrogens with one attached hydrogen (secondary N) is 1. The SMILES string of the molecule is COc1ccnc(CNCC2CCC(Cl)C2)c1OC. The highest BCUT2D eigenvalue weighted by Crippen LogP contribution is 2.30. The van der Waals surface area contributed by atoms with Crippen LogP contribution >= 0.6 is 11.6 Å². The third-order valence-corrected chi connectivity index (χ3v) is 3.97. The molecule has 1 N–H and O–H groups in total. The highest BCUT2D eigenvalue weighted by Gasteiger charge is 2.22. The number of pyridine rings is 1. The number of nitrogens with zero attached hydrogens (tertiary/aromatic N) is 1. The normalized spacial score (nSPS) is 22.5. The summed E-state index contributed by atoms with van der Waals surface area (Å²) in [6.45, 7) is 1.66. The van der Waals surface area contributed by atoms with Gasteiger partial charge in [0.25, 0.3) is 0 Å². The van der Waals surface area contributed by atoms with Crippen LogP contribution in [0.25, 0.3) is 0 Å². The Morgan fingerprint density at radius 1 is 1.37 bits per heavy atom. The molecule has 1 aliphatic rings. The van der Waals surface area contributed by atoms with Crippen LogP contribution in [-0.4, -0.2) is 31.1 Å². The lowest BCUT2D eigenvalue weighted by molar-refractivity contribution is 0.347. The molecule has 0 aromatic carbocycles. The van der Waals surface area contributed by atoms with Gasteiger partial charge in [0.2, 0.25) is 0 Å². The minimum atomic E-state index is 0.358. The fourth-order valence-electron chi connectivity index (χ4n) is 2.57. The standard InChI is InChI=1S/C14H21ClN2O2/c1-18-13-5-6-17-12(14(13)19-2)9-16-8-10-3-4-11(15)7-10/h5-6,10-11,16H,3-4,7-9H2,1-2H3. The molecule has 0 spiro atoms. The summed E-state index contributed by atoms with van der Waals surface area (Å²) in [6, 6.07) is 1.80. The fraction of sp³-hybridized carbons (Fsp3) is 0.643. The molecule has 0 aliphatic heterocycles. The first-order valence-corrected chi connectivity index (χ1v) is 7.09. The maximum absolute atomic E-state index is 6.11. The second-order valence-electron chi connectivity index (χ2n) is 4.90. The number of hydrogen-bond acceptors (Lipinski definition) is 4. The second kappa shape index (κ2) is 6.96. The Morgan fingerprint density at radius 2 is 2.21 bits per heavy atom. The Hall–Kier alpha value is -1.00. The molecule has 2 rings (SSSR count). The highest BCUT2D eigenvalue weighted by molar-refractivity contribution is 6.20. The van der Waals surface area contributed by atoms with Gasteiger partial charge in [-0.2, -0.15) is 0 Å². The van der Waals surface area contributed by atoms with Gasteiger partial charge >= 0.3 is 0 Å². The van der Waals surface area contributed by atoms with Crippen LogP contribution in [0.5, 0.6) is 11.5 Å². The molecule has 0 radical (unpaired) electrons. The van der Waals surface area contributed by atoms with Gasteiger partial charge in [0.15, 0.2) is 11.5 Å². The summed E-state index contributed by atoms with van der Waals surface area (Å²) in [5, 5.41) is 3.79. The number of hydrogen-bond donors (Lipinski definition) is 1. The van der Waals surface area contributed by atoms with E-state index in [1.165, 1.54) is 6.42 Å². The molecule has 1 aliphatic carbocycles. The molecule has 1 fully saturated rings.